The van der Waals surface area contributed by atoms with Gasteiger partial charge in [0.15, 0.2) is 0 Å². The lowest BCUT2D eigenvalue weighted by Gasteiger charge is -2.32. The van der Waals surface area contributed by atoms with Crippen LogP contribution in [-0.2, 0) is 15.3 Å². The molecule has 2 aromatic rings. The Bertz CT molecular complexity index is 796. The highest BCUT2D eigenvalue weighted by molar-refractivity contribution is 7.97. The molecule has 1 fully saturated rings. The van der Waals surface area contributed by atoms with Gasteiger partial charge in [-0.1, -0.05) is 30.3 Å². The fourth-order valence-electron chi connectivity index (χ4n) is 3.44. The third-order valence-electron chi connectivity index (χ3n) is 5.01. The normalized spacial score (nSPS) is 16.3. The van der Waals surface area contributed by atoms with Gasteiger partial charge in [0.25, 0.3) is 0 Å². The highest BCUT2D eigenvalue weighted by Gasteiger charge is 2.28. The quantitative estimate of drug-likeness (QED) is 0.706. The number of para-hydroxylation sites is 1. The molecule has 2 amide bonds. The van der Waals surface area contributed by atoms with Crippen LogP contribution in [0.1, 0.15) is 24.8 Å². The number of piperidine rings is 1. The Labute approximate surface area is 176 Å². The summed E-state index contributed by atoms with van der Waals surface area (Å²) in [6, 6.07) is 17.4. The predicted molar refractivity (Wildman–Crippen MR) is 118 cm³/mol. The molecule has 1 saturated heterocycles. The second-order valence-electron chi connectivity index (χ2n) is 7.21. The number of carbonyl (C=O) groups excluding carboxylic acids is 2. The molecule has 1 heterocycles. The number of hydrogen-bond acceptors (Lipinski definition) is 4. The van der Waals surface area contributed by atoms with Gasteiger partial charge in [-0.05, 0) is 48.9 Å². The zero-order valence-electron chi connectivity index (χ0n) is 16.8. The van der Waals surface area contributed by atoms with E-state index in [-0.39, 0.29) is 17.7 Å². The first-order valence-electron chi connectivity index (χ1n) is 10.00. The van der Waals surface area contributed by atoms with Gasteiger partial charge in [-0.3, -0.25) is 9.59 Å². The third-order valence-corrected chi connectivity index (χ3v) is 5.63. The van der Waals surface area contributed by atoms with Crippen molar-refractivity contribution in [1.82, 2.24) is 4.90 Å². The van der Waals surface area contributed by atoms with Gasteiger partial charge in [-0.2, -0.15) is 11.8 Å². The molecule has 0 bridgehead atoms. The molecule has 1 N–H and O–H groups in total. The van der Waals surface area contributed by atoms with Crippen molar-refractivity contribution < 1.29 is 14.3 Å². The average Bonchev–Trinajstić information content (AvgIpc) is 2.76. The van der Waals surface area contributed by atoms with Crippen molar-refractivity contribution in [3.05, 3.63) is 60.2 Å². The van der Waals surface area contributed by atoms with Crippen LogP contribution in [0.25, 0.3) is 0 Å². The minimum atomic E-state index is -0.173. The van der Waals surface area contributed by atoms with E-state index in [2.05, 4.69) is 11.6 Å². The summed E-state index contributed by atoms with van der Waals surface area (Å²) < 4.78 is 5.62. The van der Waals surface area contributed by atoms with Gasteiger partial charge in [0.05, 0.1) is 18.9 Å². The Hall–Kier alpha value is -2.47. The standard InChI is InChI=1S/C23H28N2O3S/c1-29-17-18-9-11-20(12-10-18)24-23(27)19-6-5-14-25(16-19)22(26)13-15-28-21-7-3-2-4-8-21/h2-4,7-12,19H,5-6,13-17H2,1H3,(H,24,27). The zero-order chi connectivity index (χ0) is 20.5. The van der Waals surface area contributed by atoms with Crippen molar-refractivity contribution in [2.24, 2.45) is 5.92 Å². The molecule has 1 aliphatic heterocycles. The van der Waals surface area contributed by atoms with Gasteiger partial charge in [-0.15, -0.1) is 0 Å². The molecule has 5 nitrogen and oxygen atoms in total. The van der Waals surface area contributed by atoms with Crippen molar-refractivity contribution in [3.63, 3.8) is 0 Å². The van der Waals surface area contributed by atoms with E-state index in [1.54, 1.807) is 16.7 Å². The SMILES string of the molecule is CSCc1ccc(NC(=O)C2CCCN(C(=O)CCOc3ccccc3)C2)cc1. The number of thioether (sulfide) groups is 1. The Kier molecular flexibility index (Phi) is 7.99. The van der Waals surface area contributed by atoms with Crippen molar-refractivity contribution >= 4 is 29.3 Å². The molecule has 0 aliphatic carbocycles. The van der Waals surface area contributed by atoms with Crippen LogP contribution in [0, 0.1) is 5.92 Å². The van der Waals surface area contributed by atoms with E-state index < -0.39 is 0 Å². The smallest absolute Gasteiger partial charge is 0.229 e. The van der Waals surface area contributed by atoms with E-state index in [4.69, 9.17) is 4.74 Å². The number of anilines is 1. The lowest BCUT2D eigenvalue weighted by atomic mass is 9.96. The van der Waals surface area contributed by atoms with Crippen molar-refractivity contribution in [3.8, 4) is 5.75 Å². The summed E-state index contributed by atoms with van der Waals surface area (Å²) in [7, 11) is 0. The number of benzene rings is 2. The maximum Gasteiger partial charge on any atom is 0.229 e. The van der Waals surface area contributed by atoms with Gasteiger partial charge < -0.3 is 15.0 Å². The Balaban J connectivity index is 1.46. The van der Waals surface area contributed by atoms with Crippen LogP contribution in [0.15, 0.2) is 54.6 Å². The minimum absolute atomic E-state index is 0.0133. The summed E-state index contributed by atoms with van der Waals surface area (Å²) in [5.74, 6) is 1.58. The Morgan fingerprint density at radius 3 is 2.62 bits per heavy atom. The molecule has 2 aromatic carbocycles. The van der Waals surface area contributed by atoms with Crippen molar-refractivity contribution in [1.29, 1.82) is 0 Å². The predicted octanol–water partition coefficient (Wildman–Crippen LogP) is 4.20. The van der Waals surface area contributed by atoms with E-state index >= 15 is 0 Å². The van der Waals surface area contributed by atoms with E-state index in [0.29, 0.717) is 26.1 Å². The average molecular weight is 413 g/mol. The lowest BCUT2D eigenvalue weighted by Crippen LogP contribution is -2.44. The first-order valence-corrected chi connectivity index (χ1v) is 11.4. The molecule has 1 atom stereocenters. The maximum atomic E-state index is 12.7. The van der Waals surface area contributed by atoms with Crippen LogP contribution >= 0.6 is 11.8 Å². The number of nitrogens with one attached hydrogen (secondary N) is 1. The molecule has 0 aromatic heterocycles. The molecule has 6 heteroatoms. The molecule has 0 radical (unpaired) electrons. The van der Waals surface area contributed by atoms with Crippen LogP contribution in [-0.4, -0.2) is 42.7 Å². The second kappa shape index (κ2) is 10.9. The summed E-state index contributed by atoms with van der Waals surface area (Å²) in [5, 5.41) is 3.00. The van der Waals surface area contributed by atoms with Crippen molar-refractivity contribution in [2.45, 2.75) is 25.0 Å². The minimum Gasteiger partial charge on any atom is -0.493 e. The number of ether oxygens (including phenoxy) is 1. The molecule has 29 heavy (non-hydrogen) atoms. The number of rotatable bonds is 8. The van der Waals surface area contributed by atoms with E-state index in [0.717, 1.165) is 30.0 Å². The van der Waals surface area contributed by atoms with E-state index in [1.807, 2.05) is 54.6 Å². The molecule has 0 spiro atoms. The van der Waals surface area contributed by atoms with E-state index in [1.165, 1.54) is 5.56 Å². The Morgan fingerprint density at radius 1 is 1.14 bits per heavy atom. The van der Waals surface area contributed by atoms with Gasteiger partial charge in [-0.25, -0.2) is 0 Å². The van der Waals surface area contributed by atoms with Gasteiger partial charge in [0, 0.05) is 24.5 Å². The van der Waals surface area contributed by atoms with Gasteiger partial charge >= 0.3 is 0 Å². The first-order chi connectivity index (χ1) is 14.2. The molecule has 3 rings (SSSR count). The fraction of sp³-hybridized carbons (Fsp3) is 0.391. The number of nitrogens with zero attached hydrogens (tertiary/aromatic N) is 1. The number of likely N-dealkylation sites (tertiary alicyclic amines) is 1. The summed E-state index contributed by atoms with van der Waals surface area (Å²) in [6.45, 7) is 1.52. The van der Waals surface area contributed by atoms with Crippen LogP contribution in [0.4, 0.5) is 5.69 Å². The largest absolute Gasteiger partial charge is 0.493 e. The topological polar surface area (TPSA) is 58.6 Å². The third kappa shape index (κ3) is 6.53. The van der Waals surface area contributed by atoms with Gasteiger partial charge in [0.1, 0.15) is 5.75 Å². The molecule has 1 aliphatic rings. The summed E-state index contributed by atoms with van der Waals surface area (Å²) >= 11 is 1.77. The fourth-order valence-corrected chi connectivity index (χ4v) is 3.97. The lowest BCUT2D eigenvalue weighted by molar-refractivity contribution is -0.135. The number of carbonyl (C=O) groups is 2. The Morgan fingerprint density at radius 2 is 1.90 bits per heavy atom. The van der Waals surface area contributed by atoms with Crippen LogP contribution in [0.5, 0.6) is 5.75 Å². The number of amides is 2. The molecule has 1 unspecified atom stereocenters. The monoisotopic (exact) mass is 412 g/mol. The maximum absolute atomic E-state index is 12.7. The molecule has 154 valence electrons. The van der Waals surface area contributed by atoms with Gasteiger partial charge in [0.2, 0.25) is 11.8 Å². The summed E-state index contributed by atoms with van der Waals surface area (Å²) in [6.07, 6.45) is 4.04. The zero-order valence-corrected chi connectivity index (χ0v) is 17.6. The highest BCUT2D eigenvalue weighted by Crippen LogP contribution is 2.20. The molecule has 0 saturated carbocycles. The van der Waals surface area contributed by atoms with Crippen molar-refractivity contribution in [2.75, 3.05) is 31.3 Å². The highest BCUT2D eigenvalue weighted by atomic mass is 32.2. The first kappa shape index (κ1) is 21.2. The van der Waals surface area contributed by atoms with Crippen LogP contribution < -0.4 is 10.1 Å². The molecular weight excluding hydrogens is 384 g/mol. The summed E-state index contributed by atoms with van der Waals surface area (Å²) in [5.41, 5.74) is 2.04. The molecular formula is C23H28N2O3S. The summed E-state index contributed by atoms with van der Waals surface area (Å²) in [4.78, 5) is 27.0. The second-order valence-corrected chi connectivity index (χ2v) is 8.08. The van der Waals surface area contributed by atoms with E-state index in [9.17, 15) is 9.59 Å². The number of hydrogen-bond donors (Lipinski definition) is 1. The van der Waals surface area contributed by atoms with Crippen LogP contribution in [0.2, 0.25) is 0 Å². The van der Waals surface area contributed by atoms with Crippen LogP contribution in [0.3, 0.4) is 0 Å².